The molecule has 0 radical (unpaired) electrons. The summed E-state index contributed by atoms with van der Waals surface area (Å²) in [5, 5.41) is 9.18. The minimum atomic E-state index is 0.171. The second-order valence-electron chi connectivity index (χ2n) is 6.94. The van der Waals surface area contributed by atoms with Crippen LogP contribution < -0.4 is 9.47 Å². The summed E-state index contributed by atoms with van der Waals surface area (Å²) >= 11 is 0. The molecule has 0 fully saturated rings. The standard InChI is InChI=1S/C25H35N2O2/c1-3-5-21-29-22-9-8-18-27-17-7-6-10-24(27)14-11-23-12-15-25(16-13-23)26(4-2)19-20-28/h3,6-7,10-17,28H,1,4-5,8-9,18-22H2,2H3/q+1. The van der Waals surface area contributed by atoms with Crippen LogP contribution in [0, 0.1) is 0 Å². The summed E-state index contributed by atoms with van der Waals surface area (Å²) in [5.74, 6) is 0. The molecule has 0 aliphatic heterocycles. The lowest BCUT2D eigenvalue weighted by Gasteiger charge is -2.21. The molecule has 0 unspecified atom stereocenters. The van der Waals surface area contributed by atoms with Gasteiger partial charge in [-0.05, 0) is 49.6 Å². The van der Waals surface area contributed by atoms with Crippen LogP contribution >= 0.6 is 0 Å². The van der Waals surface area contributed by atoms with Crippen LogP contribution in [0.5, 0.6) is 0 Å². The van der Waals surface area contributed by atoms with Crippen LogP contribution in [0.15, 0.2) is 61.3 Å². The Balaban J connectivity index is 1.91. The maximum absolute atomic E-state index is 9.18. The molecule has 2 rings (SSSR count). The normalized spacial score (nSPS) is 11.1. The first-order valence-corrected chi connectivity index (χ1v) is 10.6. The largest absolute Gasteiger partial charge is 0.395 e. The fourth-order valence-electron chi connectivity index (χ4n) is 3.17. The first-order chi connectivity index (χ1) is 14.3. The third-order valence-electron chi connectivity index (χ3n) is 4.84. The van der Waals surface area contributed by atoms with E-state index in [0.29, 0.717) is 6.54 Å². The molecule has 4 nitrogen and oxygen atoms in total. The zero-order valence-corrected chi connectivity index (χ0v) is 17.7. The summed E-state index contributed by atoms with van der Waals surface area (Å²) in [4.78, 5) is 2.17. The summed E-state index contributed by atoms with van der Waals surface area (Å²) in [5.41, 5.74) is 3.50. The molecule has 2 aromatic rings. The topological polar surface area (TPSA) is 36.6 Å². The Morgan fingerprint density at radius 1 is 1.07 bits per heavy atom. The second-order valence-corrected chi connectivity index (χ2v) is 6.94. The van der Waals surface area contributed by atoms with Crippen molar-refractivity contribution in [3.05, 3.63) is 72.6 Å². The molecule has 1 heterocycles. The van der Waals surface area contributed by atoms with Gasteiger partial charge < -0.3 is 14.7 Å². The van der Waals surface area contributed by atoms with E-state index in [-0.39, 0.29) is 6.61 Å². The Labute approximate surface area is 175 Å². The van der Waals surface area contributed by atoms with Crippen molar-refractivity contribution in [2.24, 2.45) is 0 Å². The number of aromatic nitrogens is 1. The van der Waals surface area contributed by atoms with E-state index in [4.69, 9.17) is 4.74 Å². The molecule has 29 heavy (non-hydrogen) atoms. The predicted molar refractivity (Wildman–Crippen MR) is 122 cm³/mol. The third kappa shape index (κ3) is 8.22. The average Bonchev–Trinajstić information content (AvgIpc) is 2.76. The van der Waals surface area contributed by atoms with Crippen molar-refractivity contribution >= 4 is 17.8 Å². The maximum atomic E-state index is 9.18. The Kier molecular flexibility index (Phi) is 10.8. The van der Waals surface area contributed by atoms with Crippen molar-refractivity contribution in [2.45, 2.75) is 32.7 Å². The number of aryl methyl sites for hydroxylation is 1. The Morgan fingerprint density at radius 3 is 2.62 bits per heavy atom. The van der Waals surface area contributed by atoms with Crippen LogP contribution in [0.3, 0.4) is 0 Å². The monoisotopic (exact) mass is 395 g/mol. The average molecular weight is 396 g/mol. The molecular weight excluding hydrogens is 360 g/mol. The number of aliphatic hydroxyl groups excluding tert-OH is 1. The van der Waals surface area contributed by atoms with Gasteiger partial charge in [0.1, 0.15) is 6.54 Å². The molecule has 0 bridgehead atoms. The maximum Gasteiger partial charge on any atom is 0.205 e. The lowest BCUT2D eigenvalue weighted by atomic mass is 10.1. The number of benzene rings is 1. The van der Waals surface area contributed by atoms with Gasteiger partial charge in [0.2, 0.25) is 5.69 Å². The van der Waals surface area contributed by atoms with E-state index in [1.165, 1.54) is 11.3 Å². The van der Waals surface area contributed by atoms with Gasteiger partial charge in [-0.2, -0.15) is 4.57 Å². The van der Waals surface area contributed by atoms with Crippen LogP contribution in [0.4, 0.5) is 5.69 Å². The molecule has 4 heteroatoms. The van der Waals surface area contributed by atoms with E-state index in [0.717, 1.165) is 51.3 Å². The number of hydrogen-bond acceptors (Lipinski definition) is 3. The van der Waals surface area contributed by atoms with Crippen LogP contribution in [0.2, 0.25) is 0 Å². The van der Waals surface area contributed by atoms with Gasteiger partial charge in [0, 0.05) is 56.6 Å². The van der Waals surface area contributed by atoms with Gasteiger partial charge in [-0.15, -0.1) is 6.58 Å². The number of rotatable bonds is 14. The van der Waals surface area contributed by atoms with E-state index in [1.807, 2.05) is 6.08 Å². The summed E-state index contributed by atoms with van der Waals surface area (Å²) < 4.78 is 7.87. The van der Waals surface area contributed by atoms with Gasteiger partial charge in [-0.3, -0.25) is 0 Å². The van der Waals surface area contributed by atoms with Crippen LogP contribution in [-0.2, 0) is 11.3 Å². The van der Waals surface area contributed by atoms with E-state index >= 15 is 0 Å². The molecule has 0 saturated heterocycles. The zero-order chi connectivity index (χ0) is 20.7. The third-order valence-corrected chi connectivity index (χ3v) is 4.84. The second kappa shape index (κ2) is 13.7. The number of hydrogen-bond donors (Lipinski definition) is 1. The summed E-state index contributed by atoms with van der Waals surface area (Å²) in [6.07, 6.45) is 11.4. The van der Waals surface area contributed by atoms with Crippen molar-refractivity contribution in [3.8, 4) is 0 Å². The van der Waals surface area contributed by atoms with Crippen molar-refractivity contribution < 1.29 is 14.4 Å². The van der Waals surface area contributed by atoms with Gasteiger partial charge in [0.05, 0.1) is 6.61 Å². The summed E-state index contributed by atoms with van der Waals surface area (Å²) in [7, 11) is 0. The minimum Gasteiger partial charge on any atom is -0.395 e. The van der Waals surface area contributed by atoms with E-state index in [2.05, 4.69) is 83.8 Å². The van der Waals surface area contributed by atoms with Crippen molar-refractivity contribution in [1.82, 2.24) is 0 Å². The molecule has 1 aromatic heterocycles. The van der Waals surface area contributed by atoms with Gasteiger partial charge in [-0.1, -0.05) is 18.2 Å². The number of pyridine rings is 1. The van der Waals surface area contributed by atoms with E-state index < -0.39 is 0 Å². The van der Waals surface area contributed by atoms with Gasteiger partial charge >= 0.3 is 0 Å². The minimum absolute atomic E-state index is 0.171. The van der Waals surface area contributed by atoms with Crippen LogP contribution in [-0.4, -0.2) is 38.0 Å². The van der Waals surface area contributed by atoms with E-state index in [9.17, 15) is 5.11 Å². The lowest BCUT2D eigenvalue weighted by molar-refractivity contribution is -0.699. The molecule has 1 N–H and O–H groups in total. The molecule has 0 amide bonds. The lowest BCUT2D eigenvalue weighted by Crippen LogP contribution is -2.36. The van der Waals surface area contributed by atoms with Crippen LogP contribution in [0.1, 0.15) is 37.4 Å². The molecule has 0 atom stereocenters. The Hall–Kier alpha value is -2.43. The Morgan fingerprint density at radius 2 is 1.90 bits per heavy atom. The number of aliphatic hydroxyl groups is 1. The predicted octanol–water partition coefficient (Wildman–Crippen LogP) is 4.34. The Bertz CT molecular complexity index is 741. The molecule has 0 aliphatic carbocycles. The zero-order valence-electron chi connectivity index (χ0n) is 17.7. The molecule has 0 aliphatic rings. The number of likely N-dealkylation sites (N-methyl/N-ethyl adjacent to an activating group) is 1. The number of ether oxygens (including phenoxy) is 1. The molecule has 0 saturated carbocycles. The van der Waals surface area contributed by atoms with E-state index in [1.54, 1.807) is 0 Å². The van der Waals surface area contributed by atoms with Crippen molar-refractivity contribution in [3.63, 3.8) is 0 Å². The summed E-state index contributed by atoms with van der Waals surface area (Å²) in [6, 6.07) is 14.8. The van der Waals surface area contributed by atoms with Crippen molar-refractivity contribution in [2.75, 3.05) is 37.8 Å². The van der Waals surface area contributed by atoms with Crippen LogP contribution in [0.25, 0.3) is 12.2 Å². The molecule has 1 aromatic carbocycles. The highest BCUT2D eigenvalue weighted by Crippen LogP contribution is 2.16. The fraction of sp³-hybridized carbons (Fsp3) is 0.400. The first kappa shape index (κ1) is 22.9. The smallest absolute Gasteiger partial charge is 0.205 e. The number of anilines is 1. The van der Waals surface area contributed by atoms with Crippen molar-refractivity contribution in [1.29, 1.82) is 0 Å². The molecule has 0 spiro atoms. The fourth-order valence-corrected chi connectivity index (χ4v) is 3.17. The SMILES string of the molecule is C=CCCOCCCC[n+]1ccccc1/C=C/c1ccc(N(CC)CCO)cc1. The highest BCUT2D eigenvalue weighted by molar-refractivity contribution is 5.68. The van der Waals surface area contributed by atoms with Gasteiger partial charge in [0.25, 0.3) is 0 Å². The quantitative estimate of drug-likeness (QED) is 0.294. The highest BCUT2D eigenvalue weighted by atomic mass is 16.5. The summed E-state index contributed by atoms with van der Waals surface area (Å²) in [6.45, 7) is 10.1. The first-order valence-electron chi connectivity index (χ1n) is 10.6. The number of nitrogens with zero attached hydrogens (tertiary/aromatic N) is 2. The number of unbranched alkanes of at least 4 members (excludes halogenated alkanes) is 1. The highest BCUT2D eigenvalue weighted by Gasteiger charge is 2.06. The molecule has 156 valence electrons. The van der Waals surface area contributed by atoms with Gasteiger partial charge in [-0.25, -0.2) is 0 Å². The van der Waals surface area contributed by atoms with Gasteiger partial charge in [0.15, 0.2) is 6.20 Å². The molecular formula is C25H35N2O2+.